The van der Waals surface area contributed by atoms with Crippen LogP contribution in [0.2, 0.25) is 0 Å². The maximum atomic E-state index is 13.4. The fourth-order valence-corrected chi connectivity index (χ4v) is 4.01. The zero-order valence-corrected chi connectivity index (χ0v) is 19.4. The van der Waals surface area contributed by atoms with Crippen LogP contribution in [0.1, 0.15) is 33.8 Å². The summed E-state index contributed by atoms with van der Waals surface area (Å²) in [7, 11) is 4.92. The highest BCUT2D eigenvalue weighted by Gasteiger charge is 2.28. The van der Waals surface area contributed by atoms with Crippen LogP contribution < -0.4 is 19.9 Å². The molecule has 1 saturated heterocycles. The standard InChI is InChI=1S/C24H27N5O5/c1-28-21(13-19(27-28)18-11-15(32-2)6-7-22(18)33-3)24(31)29-10-4-5-17(14-29)34-16-8-9-26-20(12-16)23(25)30/h6-9,11-13,17H,4-5,10,14H2,1-3H3,(H2,25,30). The van der Waals surface area contributed by atoms with Gasteiger partial charge in [-0.15, -0.1) is 0 Å². The Kier molecular flexibility index (Phi) is 6.67. The lowest BCUT2D eigenvalue weighted by Crippen LogP contribution is -2.44. The minimum Gasteiger partial charge on any atom is -0.497 e. The Morgan fingerprint density at radius 2 is 1.91 bits per heavy atom. The Balaban J connectivity index is 1.52. The summed E-state index contributed by atoms with van der Waals surface area (Å²) in [6.07, 6.45) is 2.84. The number of pyridine rings is 1. The number of carbonyl (C=O) groups excluding carboxylic acids is 2. The summed E-state index contributed by atoms with van der Waals surface area (Å²) in [6, 6.07) is 10.4. The smallest absolute Gasteiger partial charge is 0.272 e. The highest BCUT2D eigenvalue weighted by molar-refractivity contribution is 5.94. The lowest BCUT2D eigenvalue weighted by molar-refractivity contribution is 0.0528. The fraction of sp³-hybridized carbons (Fsp3) is 0.333. The molecule has 34 heavy (non-hydrogen) atoms. The summed E-state index contributed by atoms with van der Waals surface area (Å²) >= 11 is 0. The number of piperidine rings is 1. The molecular formula is C24H27N5O5. The van der Waals surface area contributed by atoms with Crippen LogP contribution in [-0.4, -0.2) is 64.9 Å². The molecule has 0 spiro atoms. The highest BCUT2D eigenvalue weighted by atomic mass is 16.5. The van der Waals surface area contributed by atoms with E-state index in [1.54, 1.807) is 55.1 Å². The molecule has 0 radical (unpaired) electrons. The van der Waals surface area contributed by atoms with Crippen molar-refractivity contribution in [2.45, 2.75) is 18.9 Å². The van der Waals surface area contributed by atoms with Crippen LogP contribution in [0.4, 0.5) is 0 Å². The van der Waals surface area contributed by atoms with Gasteiger partial charge in [0.2, 0.25) is 0 Å². The van der Waals surface area contributed by atoms with Gasteiger partial charge in [0.1, 0.15) is 34.7 Å². The number of likely N-dealkylation sites (tertiary alicyclic amines) is 1. The van der Waals surface area contributed by atoms with Gasteiger partial charge in [0.05, 0.1) is 26.5 Å². The predicted octanol–water partition coefficient (Wildman–Crippen LogP) is 2.28. The maximum Gasteiger partial charge on any atom is 0.272 e. The number of benzene rings is 1. The van der Waals surface area contributed by atoms with Crippen molar-refractivity contribution in [2.24, 2.45) is 12.8 Å². The molecule has 1 unspecified atom stereocenters. The van der Waals surface area contributed by atoms with Crippen molar-refractivity contribution in [3.8, 4) is 28.5 Å². The number of amides is 2. The van der Waals surface area contributed by atoms with Gasteiger partial charge in [0.15, 0.2) is 0 Å². The van der Waals surface area contributed by atoms with Crippen molar-refractivity contribution in [2.75, 3.05) is 27.3 Å². The fourth-order valence-electron chi connectivity index (χ4n) is 4.01. The van der Waals surface area contributed by atoms with Gasteiger partial charge in [-0.05, 0) is 43.2 Å². The largest absolute Gasteiger partial charge is 0.497 e. The van der Waals surface area contributed by atoms with Crippen LogP contribution in [-0.2, 0) is 7.05 Å². The lowest BCUT2D eigenvalue weighted by atomic mass is 10.1. The molecule has 0 aliphatic carbocycles. The first kappa shape index (κ1) is 23.1. The van der Waals surface area contributed by atoms with Crippen LogP contribution >= 0.6 is 0 Å². The van der Waals surface area contributed by atoms with E-state index < -0.39 is 5.91 Å². The number of hydrogen-bond donors (Lipinski definition) is 1. The predicted molar refractivity (Wildman–Crippen MR) is 124 cm³/mol. The lowest BCUT2D eigenvalue weighted by Gasteiger charge is -2.32. The average Bonchev–Trinajstić information content (AvgIpc) is 3.24. The van der Waals surface area contributed by atoms with Gasteiger partial charge in [-0.3, -0.25) is 19.3 Å². The summed E-state index contributed by atoms with van der Waals surface area (Å²) in [6.45, 7) is 1.03. The molecule has 3 heterocycles. The molecular weight excluding hydrogens is 438 g/mol. The van der Waals surface area contributed by atoms with Crippen LogP contribution in [0.5, 0.6) is 17.2 Å². The number of hydrogen-bond acceptors (Lipinski definition) is 7. The molecule has 10 heteroatoms. The van der Waals surface area contributed by atoms with E-state index in [2.05, 4.69) is 10.1 Å². The first-order chi connectivity index (χ1) is 16.4. The molecule has 1 aromatic carbocycles. The number of nitrogens with two attached hydrogens (primary N) is 1. The SMILES string of the molecule is COc1ccc(OC)c(-c2cc(C(=O)N3CCCC(Oc4ccnc(C(N)=O)c4)C3)n(C)n2)c1. The zero-order valence-electron chi connectivity index (χ0n) is 19.4. The second kappa shape index (κ2) is 9.82. The Morgan fingerprint density at radius 3 is 2.65 bits per heavy atom. The summed E-state index contributed by atoms with van der Waals surface area (Å²) in [5.74, 6) is 1.04. The Morgan fingerprint density at radius 1 is 1.09 bits per heavy atom. The van der Waals surface area contributed by atoms with E-state index in [1.807, 2.05) is 6.07 Å². The van der Waals surface area contributed by atoms with Gasteiger partial charge in [-0.1, -0.05) is 0 Å². The van der Waals surface area contributed by atoms with Gasteiger partial charge in [0.25, 0.3) is 11.8 Å². The van der Waals surface area contributed by atoms with E-state index >= 15 is 0 Å². The summed E-state index contributed by atoms with van der Waals surface area (Å²) in [5, 5.41) is 4.55. The van der Waals surface area contributed by atoms with E-state index in [0.29, 0.717) is 41.7 Å². The molecule has 1 atom stereocenters. The molecule has 1 aliphatic rings. The molecule has 178 valence electrons. The topological polar surface area (TPSA) is 122 Å². The van der Waals surface area contributed by atoms with Crippen LogP contribution in [0, 0.1) is 0 Å². The number of rotatable bonds is 7. The molecule has 3 aromatic rings. The highest BCUT2D eigenvalue weighted by Crippen LogP contribution is 2.33. The van der Waals surface area contributed by atoms with E-state index in [9.17, 15) is 9.59 Å². The molecule has 2 N–H and O–H groups in total. The third-order valence-electron chi connectivity index (χ3n) is 5.73. The molecule has 0 bridgehead atoms. The summed E-state index contributed by atoms with van der Waals surface area (Å²) < 4.78 is 18.4. The summed E-state index contributed by atoms with van der Waals surface area (Å²) in [5.41, 5.74) is 7.24. The number of methoxy groups -OCH3 is 2. The molecule has 2 aromatic heterocycles. The monoisotopic (exact) mass is 465 g/mol. The Labute approximate surface area is 197 Å². The first-order valence-corrected chi connectivity index (χ1v) is 10.9. The number of ether oxygens (including phenoxy) is 3. The van der Waals surface area contributed by atoms with E-state index in [0.717, 1.165) is 18.4 Å². The first-order valence-electron chi connectivity index (χ1n) is 10.9. The van der Waals surface area contributed by atoms with E-state index in [1.165, 1.54) is 12.3 Å². The van der Waals surface area contributed by atoms with Crippen molar-refractivity contribution in [1.29, 1.82) is 0 Å². The normalized spacial score (nSPS) is 15.6. The van der Waals surface area contributed by atoms with Crippen LogP contribution in [0.3, 0.4) is 0 Å². The Bertz CT molecular complexity index is 1210. The Hall–Kier alpha value is -4.08. The third kappa shape index (κ3) is 4.80. The quantitative estimate of drug-likeness (QED) is 0.568. The van der Waals surface area contributed by atoms with E-state index in [4.69, 9.17) is 19.9 Å². The maximum absolute atomic E-state index is 13.4. The van der Waals surface area contributed by atoms with Crippen molar-refractivity contribution < 1.29 is 23.8 Å². The number of primary amides is 1. The van der Waals surface area contributed by atoms with Crippen molar-refractivity contribution in [3.05, 3.63) is 54.0 Å². The minimum atomic E-state index is -0.620. The molecule has 10 nitrogen and oxygen atoms in total. The van der Waals surface area contributed by atoms with Crippen LogP contribution in [0.15, 0.2) is 42.6 Å². The number of aryl methyl sites for hydroxylation is 1. The van der Waals surface area contributed by atoms with Gasteiger partial charge < -0.3 is 24.8 Å². The zero-order chi connectivity index (χ0) is 24.2. The minimum absolute atomic E-state index is 0.135. The van der Waals surface area contributed by atoms with Gasteiger partial charge in [-0.2, -0.15) is 5.10 Å². The molecule has 4 rings (SSSR count). The summed E-state index contributed by atoms with van der Waals surface area (Å²) in [4.78, 5) is 30.4. The molecule has 2 amide bonds. The average molecular weight is 466 g/mol. The second-order valence-electron chi connectivity index (χ2n) is 7.98. The molecule has 0 saturated carbocycles. The van der Waals surface area contributed by atoms with Crippen molar-refractivity contribution in [3.63, 3.8) is 0 Å². The molecule has 1 aliphatic heterocycles. The van der Waals surface area contributed by atoms with Crippen molar-refractivity contribution >= 4 is 11.8 Å². The van der Waals surface area contributed by atoms with Crippen molar-refractivity contribution in [1.82, 2.24) is 19.7 Å². The third-order valence-corrected chi connectivity index (χ3v) is 5.73. The number of carbonyl (C=O) groups is 2. The van der Waals surface area contributed by atoms with Gasteiger partial charge in [0, 0.05) is 31.4 Å². The second-order valence-corrected chi connectivity index (χ2v) is 7.98. The van der Waals surface area contributed by atoms with E-state index in [-0.39, 0.29) is 17.7 Å². The van der Waals surface area contributed by atoms with Gasteiger partial charge in [-0.25, -0.2) is 0 Å². The molecule has 1 fully saturated rings. The van der Waals surface area contributed by atoms with Crippen LogP contribution in [0.25, 0.3) is 11.3 Å². The number of nitrogens with zero attached hydrogens (tertiary/aromatic N) is 4. The van der Waals surface area contributed by atoms with Gasteiger partial charge >= 0.3 is 0 Å². The number of aromatic nitrogens is 3.